The summed E-state index contributed by atoms with van der Waals surface area (Å²) in [5.41, 5.74) is 6.14. The Morgan fingerprint density at radius 2 is 1.91 bits per heavy atom. The number of carboxylic acid groups (broad SMARTS) is 2. The standard InChI is InChI=1S/C18H26N6O7S/c19-10(7-32)15(27)22-11(4-9-6-20-8-21-9)16(28)23-12(5-14(25)26)17(29)24-3-1-2-13(24)18(30)31/h6,8,10-13,32H,1-5,7,19H2,(H,20,21)(H,22,27)(H,23,28)(H,25,26)(H,30,31). The van der Waals surface area contributed by atoms with Gasteiger partial charge in [-0.3, -0.25) is 19.2 Å². The number of aromatic amines is 1. The lowest BCUT2D eigenvalue weighted by molar-refractivity contribution is -0.150. The van der Waals surface area contributed by atoms with Crippen LogP contribution >= 0.6 is 12.6 Å². The molecule has 0 spiro atoms. The third-order valence-corrected chi connectivity index (χ3v) is 5.35. The van der Waals surface area contributed by atoms with Crippen molar-refractivity contribution in [3.63, 3.8) is 0 Å². The molecular formula is C18H26N6O7S. The molecule has 3 amide bonds. The van der Waals surface area contributed by atoms with Crippen LogP contribution in [0.15, 0.2) is 12.5 Å². The summed E-state index contributed by atoms with van der Waals surface area (Å²) in [5, 5.41) is 23.3. The maximum Gasteiger partial charge on any atom is 0.326 e. The predicted octanol–water partition coefficient (Wildman–Crippen LogP) is -2.27. The van der Waals surface area contributed by atoms with Gasteiger partial charge >= 0.3 is 11.9 Å². The largest absolute Gasteiger partial charge is 0.481 e. The third-order valence-electron chi connectivity index (χ3n) is 4.96. The zero-order chi connectivity index (χ0) is 23.8. The Morgan fingerprint density at radius 1 is 1.22 bits per heavy atom. The van der Waals surface area contributed by atoms with Gasteiger partial charge in [0, 0.05) is 30.6 Å². The van der Waals surface area contributed by atoms with E-state index in [1.807, 2.05) is 0 Å². The fourth-order valence-corrected chi connectivity index (χ4v) is 3.49. The lowest BCUT2D eigenvalue weighted by Gasteiger charge is -2.28. The van der Waals surface area contributed by atoms with Gasteiger partial charge in [-0.05, 0) is 12.8 Å². The van der Waals surface area contributed by atoms with E-state index in [9.17, 15) is 34.2 Å². The summed E-state index contributed by atoms with van der Waals surface area (Å²) < 4.78 is 0. The molecule has 2 rings (SSSR count). The first kappa shape index (κ1) is 25.1. The first-order chi connectivity index (χ1) is 15.1. The molecular weight excluding hydrogens is 444 g/mol. The lowest BCUT2D eigenvalue weighted by Crippen LogP contribution is -2.58. The van der Waals surface area contributed by atoms with E-state index in [4.69, 9.17) is 5.73 Å². The van der Waals surface area contributed by atoms with E-state index in [0.717, 1.165) is 4.90 Å². The summed E-state index contributed by atoms with van der Waals surface area (Å²) >= 11 is 3.95. The second-order valence-corrected chi connectivity index (χ2v) is 7.68. The number of likely N-dealkylation sites (tertiary alicyclic amines) is 1. The monoisotopic (exact) mass is 470 g/mol. The van der Waals surface area contributed by atoms with Crippen molar-refractivity contribution in [1.82, 2.24) is 25.5 Å². The van der Waals surface area contributed by atoms with Crippen molar-refractivity contribution >= 4 is 42.3 Å². The highest BCUT2D eigenvalue weighted by Crippen LogP contribution is 2.19. The first-order valence-corrected chi connectivity index (χ1v) is 10.5. The van der Waals surface area contributed by atoms with Crippen molar-refractivity contribution in [2.45, 2.75) is 49.9 Å². The maximum absolute atomic E-state index is 12.9. The van der Waals surface area contributed by atoms with Gasteiger partial charge in [0.1, 0.15) is 18.1 Å². The molecule has 176 valence electrons. The molecule has 1 fully saturated rings. The summed E-state index contributed by atoms with van der Waals surface area (Å²) in [6.07, 6.45) is 2.69. The van der Waals surface area contributed by atoms with Crippen molar-refractivity contribution in [3.05, 3.63) is 18.2 Å². The molecule has 7 N–H and O–H groups in total. The molecule has 0 bridgehead atoms. The van der Waals surface area contributed by atoms with Gasteiger partial charge in [-0.1, -0.05) is 0 Å². The Bertz CT molecular complexity index is 849. The number of nitrogens with two attached hydrogens (primary N) is 1. The molecule has 4 unspecified atom stereocenters. The van der Waals surface area contributed by atoms with E-state index in [1.54, 1.807) is 0 Å². The minimum atomic E-state index is -1.51. The normalized spacial score (nSPS) is 18.4. The second kappa shape index (κ2) is 11.5. The highest BCUT2D eigenvalue weighted by atomic mass is 32.1. The van der Waals surface area contributed by atoms with Crippen LogP contribution in [-0.2, 0) is 30.4 Å². The van der Waals surface area contributed by atoms with E-state index < -0.39 is 60.2 Å². The van der Waals surface area contributed by atoms with Crippen molar-refractivity contribution in [3.8, 4) is 0 Å². The molecule has 4 atom stereocenters. The van der Waals surface area contributed by atoms with Gasteiger partial charge in [0.15, 0.2) is 0 Å². The van der Waals surface area contributed by atoms with Crippen molar-refractivity contribution < 1.29 is 34.2 Å². The van der Waals surface area contributed by atoms with Crippen LogP contribution in [-0.4, -0.2) is 91.2 Å². The molecule has 0 radical (unpaired) electrons. The number of nitrogens with zero attached hydrogens (tertiary/aromatic N) is 2. The first-order valence-electron chi connectivity index (χ1n) is 9.83. The Morgan fingerprint density at radius 3 is 2.47 bits per heavy atom. The van der Waals surface area contributed by atoms with E-state index in [-0.39, 0.29) is 25.1 Å². The molecule has 1 aromatic rings. The number of thiol groups is 1. The number of carbonyl (C=O) groups is 5. The molecule has 1 saturated heterocycles. The number of hydrogen-bond donors (Lipinski definition) is 7. The van der Waals surface area contributed by atoms with Crippen LogP contribution in [0.4, 0.5) is 0 Å². The fourth-order valence-electron chi connectivity index (χ4n) is 3.32. The van der Waals surface area contributed by atoms with Crippen molar-refractivity contribution in [2.75, 3.05) is 12.3 Å². The SMILES string of the molecule is NC(CS)C(=O)NC(Cc1cnc[nH]1)C(=O)NC(CC(=O)O)C(=O)N1CCCC1C(=O)O. The Balaban J connectivity index is 2.20. The van der Waals surface area contributed by atoms with E-state index >= 15 is 0 Å². The molecule has 2 heterocycles. The molecule has 14 heteroatoms. The topological polar surface area (TPSA) is 208 Å². The Kier molecular flexibility index (Phi) is 9.02. The lowest BCUT2D eigenvalue weighted by atomic mass is 10.1. The summed E-state index contributed by atoms with van der Waals surface area (Å²) in [6, 6.07) is -4.80. The van der Waals surface area contributed by atoms with Gasteiger partial charge in [-0.2, -0.15) is 12.6 Å². The number of nitrogens with one attached hydrogen (secondary N) is 3. The second-order valence-electron chi connectivity index (χ2n) is 7.32. The van der Waals surface area contributed by atoms with Gasteiger partial charge in [0.2, 0.25) is 17.7 Å². The van der Waals surface area contributed by atoms with Crippen LogP contribution in [0.2, 0.25) is 0 Å². The minimum Gasteiger partial charge on any atom is -0.481 e. The van der Waals surface area contributed by atoms with Crippen molar-refractivity contribution in [1.29, 1.82) is 0 Å². The summed E-state index contributed by atoms with van der Waals surface area (Å²) in [6.45, 7) is 0.132. The smallest absolute Gasteiger partial charge is 0.326 e. The van der Waals surface area contributed by atoms with Crippen molar-refractivity contribution in [2.24, 2.45) is 5.73 Å². The van der Waals surface area contributed by atoms with E-state index in [2.05, 4.69) is 33.2 Å². The van der Waals surface area contributed by atoms with Gasteiger partial charge in [-0.15, -0.1) is 0 Å². The predicted molar refractivity (Wildman–Crippen MR) is 113 cm³/mol. The number of aromatic nitrogens is 2. The number of carbonyl (C=O) groups excluding carboxylic acids is 3. The maximum atomic E-state index is 12.9. The summed E-state index contributed by atoms with van der Waals surface area (Å²) in [7, 11) is 0. The number of hydrogen-bond acceptors (Lipinski definition) is 8. The molecule has 0 aromatic carbocycles. The van der Waals surface area contributed by atoms with Gasteiger partial charge in [0.05, 0.1) is 18.8 Å². The zero-order valence-corrected chi connectivity index (χ0v) is 18.0. The quantitative estimate of drug-likeness (QED) is 0.174. The van der Waals surface area contributed by atoms with Gasteiger partial charge in [0.25, 0.3) is 0 Å². The molecule has 0 saturated carbocycles. The Hall–Kier alpha value is -3.13. The van der Waals surface area contributed by atoms with E-state index in [1.165, 1.54) is 12.5 Å². The van der Waals surface area contributed by atoms with Gasteiger partial charge in [-0.25, -0.2) is 9.78 Å². The van der Waals surface area contributed by atoms with E-state index in [0.29, 0.717) is 12.1 Å². The van der Waals surface area contributed by atoms with Gasteiger partial charge < -0.3 is 36.5 Å². The highest BCUT2D eigenvalue weighted by molar-refractivity contribution is 7.80. The van der Waals surface area contributed by atoms with Crippen LogP contribution in [0.3, 0.4) is 0 Å². The molecule has 0 aliphatic carbocycles. The highest BCUT2D eigenvalue weighted by Gasteiger charge is 2.39. The number of imidazole rings is 1. The molecule has 13 nitrogen and oxygen atoms in total. The van der Waals surface area contributed by atoms with Crippen LogP contribution in [0, 0.1) is 0 Å². The van der Waals surface area contributed by atoms with Crippen LogP contribution in [0.25, 0.3) is 0 Å². The van der Waals surface area contributed by atoms with Crippen LogP contribution in [0.5, 0.6) is 0 Å². The minimum absolute atomic E-state index is 0.0237. The number of aliphatic carboxylic acids is 2. The Labute approximate surface area is 188 Å². The summed E-state index contributed by atoms with van der Waals surface area (Å²) in [4.78, 5) is 68.5. The zero-order valence-electron chi connectivity index (χ0n) is 17.1. The number of H-pyrrole nitrogens is 1. The van der Waals surface area contributed by atoms with Crippen LogP contribution in [0.1, 0.15) is 25.0 Å². The molecule has 1 aliphatic heterocycles. The number of rotatable bonds is 11. The third kappa shape index (κ3) is 6.68. The fraction of sp³-hybridized carbons (Fsp3) is 0.556. The average molecular weight is 471 g/mol. The molecule has 32 heavy (non-hydrogen) atoms. The summed E-state index contributed by atoms with van der Waals surface area (Å²) in [5.74, 6) is -4.85. The molecule has 1 aromatic heterocycles. The number of amides is 3. The average Bonchev–Trinajstić information content (AvgIpc) is 3.43. The molecule has 1 aliphatic rings. The van der Waals surface area contributed by atoms with Crippen LogP contribution < -0.4 is 16.4 Å². The number of carboxylic acids is 2.